The third kappa shape index (κ3) is 2.11. The lowest BCUT2D eigenvalue weighted by molar-refractivity contribution is 0.00578. The van der Waals surface area contributed by atoms with E-state index in [2.05, 4.69) is 51.3 Å². The van der Waals surface area contributed by atoms with Crippen molar-refractivity contribution in [2.45, 2.75) is 72.1 Å². The molecule has 1 aromatic rings. The first kappa shape index (κ1) is 14.1. The Hall–Kier alpha value is -0.805. The van der Waals surface area contributed by atoms with Crippen LogP contribution in [0.4, 0.5) is 0 Å². The summed E-state index contributed by atoms with van der Waals surface area (Å²) in [4.78, 5) is 0. The molecule has 0 spiro atoms. The highest BCUT2D eigenvalue weighted by molar-refractivity contribution is 6.62. The predicted molar refractivity (Wildman–Crippen MR) is 80.0 cm³/mol. The number of hydrogen-bond donors (Lipinski definition) is 0. The zero-order valence-electron chi connectivity index (χ0n) is 13.5. The van der Waals surface area contributed by atoms with Crippen molar-refractivity contribution in [1.29, 1.82) is 0 Å². The van der Waals surface area contributed by atoms with Crippen molar-refractivity contribution >= 4 is 12.6 Å². The molecule has 1 fully saturated rings. The quantitative estimate of drug-likeness (QED) is 0.737. The summed E-state index contributed by atoms with van der Waals surface area (Å²) in [6, 6.07) is 0. The van der Waals surface area contributed by atoms with Gasteiger partial charge in [-0.1, -0.05) is 13.8 Å². The van der Waals surface area contributed by atoms with Crippen molar-refractivity contribution in [3.05, 3.63) is 11.9 Å². The molecule has 0 amide bonds. The Kier molecular flexibility index (Phi) is 2.90. The van der Waals surface area contributed by atoms with Crippen molar-refractivity contribution in [1.82, 2.24) is 9.78 Å². The number of aromatic nitrogens is 2. The lowest BCUT2D eigenvalue weighted by Gasteiger charge is -2.32. The summed E-state index contributed by atoms with van der Waals surface area (Å²) in [5.74, 6) is 0. The summed E-state index contributed by atoms with van der Waals surface area (Å²) in [6.45, 7) is 14.0. The van der Waals surface area contributed by atoms with Crippen molar-refractivity contribution in [3.63, 3.8) is 0 Å². The molecule has 0 aliphatic carbocycles. The van der Waals surface area contributed by atoms with Gasteiger partial charge in [-0.3, -0.25) is 4.68 Å². The minimum atomic E-state index is -0.295. The largest absolute Gasteiger partial charge is 0.498 e. The first-order valence-corrected chi connectivity index (χ1v) is 7.52. The van der Waals surface area contributed by atoms with Crippen LogP contribution in [0, 0.1) is 5.41 Å². The van der Waals surface area contributed by atoms with Gasteiger partial charge in [0.25, 0.3) is 0 Å². The minimum Gasteiger partial charge on any atom is -0.399 e. The molecule has 5 heteroatoms. The van der Waals surface area contributed by atoms with Crippen molar-refractivity contribution in [3.8, 4) is 0 Å². The molecule has 1 aromatic heterocycles. The fourth-order valence-corrected chi connectivity index (χ4v) is 2.93. The maximum absolute atomic E-state index is 6.17. The third-order valence-electron chi connectivity index (χ3n) is 5.13. The van der Waals surface area contributed by atoms with E-state index in [0.29, 0.717) is 5.41 Å². The van der Waals surface area contributed by atoms with Gasteiger partial charge >= 0.3 is 7.12 Å². The molecule has 0 saturated carbocycles. The van der Waals surface area contributed by atoms with Crippen LogP contribution in [0.3, 0.4) is 0 Å². The Labute approximate surface area is 122 Å². The molecule has 0 radical (unpaired) electrons. The number of hydrogen-bond acceptors (Lipinski definition) is 3. The maximum atomic E-state index is 6.17. The van der Waals surface area contributed by atoms with E-state index in [4.69, 9.17) is 9.31 Å². The molecule has 2 aliphatic heterocycles. The van der Waals surface area contributed by atoms with Crippen molar-refractivity contribution in [2.75, 3.05) is 0 Å². The Morgan fingerprint density at radius 3 is 2.30 bits per heavy atom. The Morgan fingerprint density at radius 1 is 1.10 bits per heavy atom. The van der Waals surface area contributed by atoms with E-state index < -0.39 is 0 Å². The number of fused-ring (bicyclic) bond motifs is 1. The highest BCUT2D eigenvalue weighted by atomic mass is 16.7. The van der Waals surface area contributed by atoms with Gasteiger partial charge in [-0.15, -0.1) is 0 Å². The zero-order valence-corrected chi connectivity index (χ0v) is 13.5. The summed E-state index contributed by atoms with van der Waals surface area (Å²) in [7, 11) is -0.294. The molecule has 0 N–H and O–H groups in total. The normalized spacial score (nSPS) is 26.6. The molecule has 3 rings (SSSR count). The van der Waals surface area contributed by atoms with E-state index in [1.807, 2.05) is 6.20 Å². The van der Waals surface area contributed by atoms with E-state index in [1.165, 1.54) is 12.1 Å². The molecule has 0 aromatic carbocycles. The Morgan fingerprint density at radius 2 is 1.70 bits per heavy atom. The van der Waals surface area contributed by atoms with Gasteiger partial charge in [0, 0.05) is 23.9 Å². The number of nitrogens with zero attached hydrogens (tertiary/aromatic N) is 2. The number of aryl methyl sites for hydroxylation is 1. The van der Waals surface area contributed by atoms with Crippen LogP contribution in [0.15, 0.2) is 6.20 Å². The molecule has 20 heavy (non-hydrogen) atoms. The first-order chi connectivity index (χ1) is 9.11. The summed E-state index contributed by atoms with van der Waals surface area (Å²) < 4.78 is 14.5. The fourth-order valence-electron chi connectivity index (χ4n) is 2.93. The molecule has 0 unspecified atom stereocenters. The van der Waals surface area contributed by atoms with E-state index in [-0.39, 0.29) is 18.3 Å². The fraction of sp³-hybridized carbons (Fsp3) is 0.800. The van der Waals surface area contributed by atoms with Crippen LogP contribution in [0.2, 0.25) is 0 Å². The minimum absolute atomic E-state index is 0.294. The van der Waals surface area contributed by atoms with Crippen molar-refractivity contribution in [2.24, 2.45) is 5.41 Å². The first-order valence-electron chi connectivity index (χ1n) is 7.52. The van der Waals surface area contributed by atoms with Gasteiger partial charge in [0.05, 0.1) is 11.2 Å². The highest BCUT2D eigenvalue weighted by Crippen LogP contribution is 2.37. The second kappa shape index (κ2) is 4.11. The molecule has 1 saturated heterocycles. The standard InChI is InChI=1S/C15H25BN2O2/c1-13(2)7-8-18-12(9-13)11(10-17-18)16-19-14(3,4)15(5,6)20-16/h10H,7-9H2,1-6H3. The van der Waals surface area contributed by atoms with Crippen LogP contribution in [-0.2, 0) is 22.3 Å². The highest BCUT2D eigenvalue weighted by Gasteiger charge is 2.53. The number of rotatable bonds is 1. The lowest BCUT2D eigenvalue weighted by Crippen LogP contribution is -2.41. The van der Waals surface area contributed by atoms with Crippen LogP contribution in [0.25, 0.3) is 0 Å². The SMILES string of the molecule is CC1(C)CCn2ncc(B3OC(C)(C)C(C)(C)O3)c2C1. The topological polar surface area (TPSA) is 36.3 Å². The van der Waals surface area contributed by atoms with Crippen molar-refractivity contribution < 1.29 is 9.31 Å². The molecule has 4 nitrogen and oxygen atoms in total. The van der Waals surface area contributed by atoms with E-state index in [1.54, 1.807) is 0 Å². The van der Waals surface area contributed by atoms with E-state index in [9.17, 15) is 0 Å². The summed E-state index contributed by atoms with van der Waals surface area (Å²) in [5, 5.41) is 4.52. The Bertz CT molecular complexity index is 518. The van der Waals surface area contributed by atoms with Crippen LogP contribution in [-0.4, -0.2) is 28.1 Å². The van der Waals surface area contributed by atoms with Gasteiger partial charge in [-0.2, -0.15) is 5.10 Å². The predicted octanol–water partition coefficient (Wildman–Crippen LogP) is 2.15. The van der Waals surface area contributed by atoms with Gasteiger partial charge in [0.2, 0.25) is 0 Å². The van der Waals surface area contributed by atoms with Gasteiger partial charge in [0.15, 0.2) is 0 Å². The summed E-state index contributed by atoms with van der Waals surface area (Å²) in [5.41, 5.74) is 2.12. The van der Waals surface area contributed by atoms with Crippen LogP contribution < -0.4 is 5.46 Å². The van der Waals surface area contributed by atoms with E-state index in [0.717, 1.165) is 18.4 Å². The molecule has 110 valence electrons. The average molecular weight is 276 g/mol. The molecule has 0 bridgehead atoms. The van der Waals surface area contributed by atoms with Gasteiger partial charge in [-0.25, -0.2) is 0 Å². The summed E-state index contributed by atoms with van der Waals surface area (Å²) >= 11 is 0. The third-order valence-corrected chi connectivity index (χ3v) is 5.13. The molecular formula is C15H25BN2O2. The maximum Gasteiger partial charge on any atom is 0.498 e. The summed E-state index contributed by atoms with van der Waals surface area (Å²) in [6.07, 6.45) is 4.13. The smallest absolute Gasteiger partial charge is 0.399 e. The van der Waals surface area contributed by atoms with Gasteiger partial charge in [0.1, 0.15) is 0 Å². The van der Waals surface area contributed by atoms with Crippen LogP contribution in [0.5, 0.6) is 0 Å². The molecule has 0 atom stereocenters. The lowest BCUT2D eigenvalue weighted by atomic mass is 9.73. The second-order valence-corrected chi connectivity index (χ2v) is 7.95. The monoisotopic (exact) mass is 276 g/mol. The van der Waals surface area contributed by atoms with E-state index >= 15 is 0 Å². The molecular weight excluding hydrogens is 251 g/mol. The molecule has 3 heterocycles. The average Bonchev–Trinajstić information content (AvgIpc) is 2.76. The van der Waals surface area contributed by atoms with Gasteiger partial charge in [-0.05, 0) is 46.0 Å². The van der Waals surface area contributed by atoms with Crippen LogP contribution in [0.1, 0.15) is 53.7 Å². The molecule has 2 aliphatic rings. The van der Waals surface area contributed by atoms with Gasteiger partial charge < -0.3 is 9.31 Å². The Balaban J connectivity index is 1.93. The second-order valence-electron chi connectivity index (χ2n) is 7.95. The van der Waals surface area contributed by atoms with Crippen LogP contribution >= 0.6 is 0 Å². The zero-order chi connectivity index (χ0) is 14.8.